The van der Waals surface area contributed by atoms with Gasteiger partial charge in [-0.1, -0.05) is 18.2 Å². The second-order valence-electron chi connectivity index (χ2n) is 5.31. The van der Waals surface area contributed by atoms with E-state index in [0.29, 0.717) is 6.54 Å². The number of rotatable bonds is 6. The van der Waals surface area contributed by atoms with Crippen molar-refractivity contribution in [3.05, 3.63) is 60.2 Å². The highest BCUT2D eigenvalue weighted by Gasteiger charge is 2.12. The van der Waals surface area contributed by atoms with Crippen LogP contribution in [0.15, 0.2) is 59.5 Å². The largest absolute Gasteiger partial charge is 0.378 e. The van der Waals surface area contributed by atoms with Crippen LogP contribution in [0.3, 0.4) is 0 Å². The topological polar surface area (TPSA) is 41.6 Å². The summed E-state index contributed by atoms with van der Waals surface area (Å²) in [6, 6.07) is 17.8. The Morgan fingerprint density at radius 2 is 1.74 bits per heavy atom. The lowest BCUT2D eigenvalue weighted by molar-refractivity contribution is 0.0998. The molecule has 23 heavy (non-hydrogen) atoms. The fourth-order valence-electron chi connectivity index (χ4n) is 2.46. The maximum Gasteiger partial charge on any atom is 0.177 e. The van der Waals surface area contributed by atoms with E-state index in [1.165, 1.54) is 11.9 Å². The van der Waals surface area contributed by atoms with Gasteiger partial charge < -0.3 is 9.64 Å². The first-order valence-corrected chi connectivity index (χ1v) is 8.55. The molecule has 2 aromatic carbocycles. The Kier molecular flexibility index (Phi) is 5.69. The predicted octanol–water partition coefficient (Wildman–Crippen LogP) is 3.00. The number of benzene rings is 2. The molecule has 0 aromatic heterocycles. The Bertz CT molecular complexity index is 625. The molecule has 0 saturated carbocycles. The summed E-state index contributed by atoms with van der Waals surface area (Å²) in [5.41, 5.74) is 1.89. The molecule has 0 aliphatic carbocycles. The highest BCUT2D eigenvalue weighted by atomic mass is 32.2. The van der Waals surface area contributed by atoms with Gasteiger partial charge in [0.15, 0.2) is 5.78 Å². The van der Waals surface area contributed by atoms with E-state index in [1.54, 1.807) is 0 Å². The van der Waals surface area contributed by atoms with Crippen LogP contribution in [0.4, 0.5) is 5.69 Å². The van der Waals surface area contributed by atoms with Crippen molar-refractivity contribution in [1.82, 2.24) is 4.72 Å². The molecular weight excluding hydrogens is 308 g/mol. The zero-order valence-electron chi connectivity index (χ0n) is 12.9. The smallest absolute Gasteiger partial charge is 0.177 e. The average Bonchev–Trinajstić information content (AvgIpc) is 2.63. The van der Waals surface area contributed by atoms with Crippen LogP contribution in [0, 0.1) is 0 Å². The number of ether oxygens (including phenoxy) is 1. The monoisotopic (exact) mass is 328 g/mol. The van der Waals surface area contributed by atoms with Gasteiger partial charge in [-0.3, -0.25) is 9.52 Å². The lowest BCUT2D eigenvalue weighted by Gasteiger charge is -2.28. The molecule has 0 bridgehead atoms. The number of hydrogen-bond acceptors (Lipinski definition) is 5. The Hall–Kier alpha value is -1.82. The maximum absolute atomic E-state index is 12.2. The van der Waals surface area contributed by atoms with Crippen LogP contribution in [-0.4, -0.2) is 38.6 Å². The molecule has 1 fully saturated rings. The Morgan fingerprint density at radius 1 is 1.04 bits per heavy atom. The van der Waals surface area contributed by atoms with Crippen LogP contribution in [-0.2, 0) is 4.74 Å². The molecular formula is C18H20N2O2S. The summed E-state index contributed by atoms with van der Waals surface area (Å²) in [6.45, 7) is 3.66. The van der Waals surface area contributed by atoms with Crippen LogP contribution in [0.25, 0.3) is 0 Å². The maximum atomic E-state index is 12.2. The molecule has 120 valence electrons. The first kappa shape index (κ1) is 16.1. The van der Waals surface area contributed by atoms with E-state index in [-0.39, 0.29) is 5.78 Å². The molecule has 0 unspecified atom stereocenters. The van der Waals surface area contributed by atoms with Gasteiger partial charge in [-0.15, -0.1) is 0 Å². The summed E-state index contributed by atoms with van der Waals surface area (Å²) in [6.07, 6.45) is 0. The number of morpholine rings is 1. The summed E-state index contributed by atoms with van der Waals surface area (Å²) < 4.78 is 8.48. The molecule has 1 N–H and O–H groups in total. The van der Waals surface area contributed by atoms with Crippen molar-refractivity contribution in [2.24, 2.45) is 0 Å². The van der Waals surface area contributed by atoms with E-state index in [4.69, 9.17) is 4.74 Å². The second-order valence-corrected chi connectivity index (χ2v) is 6.27. The van der Waals surface area contributed by atoms with Crippen molar-refractivity contribution in [3.8, 4) is 0 Å². The molecule has 1 saturated heterocycles. The third kappa shape index (κ3) is 4.58. The van der Waals surface area contributed by atoms with Crippen molar-refractivity contribution >= 4 is 23.4 Å². The van der Waals surface area contributed by atoms with Crippen LogP contribution >= 0.6 is 11.9 Å². The average molecular weight is 328 g/mol. The van der Waals surface area contributed by atoms with Crippen molar-refractivity contribution in [2.75, 3.05) is 37.7 Å². The first-order valence-electron chi connectivity index (χ1n) is 7.73. The molecule has 4 nitrogen and oxygen atoms in total. The SMILES string of the molecule is O=C(CNSc1ccccc1)c1ccc(N2CCOCC2)cc1. The minimum absolute atomic E-state index is 0.0990. The fraction of sp³-hybridized carbons (Fsp3) is 0.278. The summed E-state index contributed by atoms with van der Waals surface area (Å²) >= 11 is 1.48. The molecule has 1 heterocycles. The summed E-state index contributed by atoms with van der Waals surface area (Å²) in [5.74, 6) is 0.0990. The Morgan fingerprint density at radius 3 is 2.43 bits per heavy atom. The molecule has 5 heteroatoms. The van der Waals surface area contributed by atoms with E-state index < -0.39 is 0 Å². The second kappa shape index (κ2) is 8.15. The molecule has 0 amide bonds. The fourth-order valence-corrected chi connectivity index (χ4v) is 3.12. The molecule has 3 rings (SSSR count). The first-order chi connectivity index (χ1) is 11.3. The number of carbonyl (C=O) groups is 1. The van der Waals surface area contributed by atoms with Crippen LogP contribution in [0.5, 0.6) is 0 Å². The summed E-state index contributed by atoms with van der Waals surface area (Å²) in [7, 11) is 0. The number of anilines is 1. The Balaban J connectivity index is 1.51. The van der Waals surface area contributed by atoms with Crippen molar-refractivity contribution in [2.45, 2.75) is 4.90 Å². The van der Waals surface area contributed by atoms with Gasteiger partial charge in [0.2, 0.25) is 0 Å². The van der Waals surface area contributed by atoms with Gasteiger partial charge in [0.25, 0.3) is 0 Å². The number of carbonyl (C=O) groups excluding carboxylic acids is 1. The van der Waals surface area contributed by atoms with Crippen LogP contribution < -0.4 is 9.62 Å². The van der Waals surface area contributed by atoms with Gasteiger partial charge in [-0.05, 0) is 48.3 Å². The minimum Gasteiger partial charge on any atom is -0.378 e. The van der Waals surface area contributed by atoms with Crippen molar-refractivity contribution < 1.29 is 9.53 Å². The highest BCUT2D eigenvalue weighted by Crippen LogP contribution is 2.17. The third-order valence-electron chi connectivity index (χ3n) is 3.73. The minimum atomic E-state index is 0.0990. The molecule has 0 radical (unpaired) electrons. The normalized spacial score (nSPS) is 14.7. The van der Waals surface area contributed by atoms with Gasteiger partial charge in [0, 0.05) is 29.2 Å². The number of hydrogen-bond donors (Lipinski definition) is 1. The van der Waals surface area contributed by atoms with Crippen LogP contribution in [0.1, 0.15) is 10.4 Å². The van der Waals surface area contributed by atoms with E-state index >= 15 is 0 Å². The van der Waals surface area contributed by atoms with Gasteiger partial charge >= 0.3 is 0 Å². The molecule has 2 aromatic rings. The zero-order valence-corrected chi connectivity index (χ0v) is 13.7. The van der Waals surface area contributed by atoms with Gasteiger partial charge in [-0.2, -0.15) is 0 Å². The van der Waals surface area contributed by atoms with E-state index in [0.717, 1.165) is 42.4 Å². The molecule has 1 aliphatic heterocycles. The molecule has 0 spiro atoms. The van der Waals surface area contributed by atoms with Gasteiger partial charge in [0.05, 0.1) is 19.8 Å². The molecule has 1 aliphatic rings. The number of nitrogens with zero attached hydrogens (tertiary/aromatic N) is 1. The lowest BCUT2D eigenvalue weighted by atomic mass is 10.1. The number of Topliss-reactive ketones (excluding diaryl/α,β-unsaturated/α-hetero) is 1. The van der Waals surface area contributed by atoms with Crippen LogP contribution in [0.2, 0.25) is 0 Å². The third-order valence-corrected chi connectivity index (χ3v) is 4.53. The van der Waals surface area contributed by atoms with Gasteiger partial charge in [0.1, 0.15) is 0 Å². The number of nitrogens with one attached hydrogen (secondary N) is 1. The summed E-state index contributed by atoms with van der Waals surface area (Å²) in [5, 5.41) is 0. The molecule has 0 atom stereocenters. The quantitative estimate of drug-likeness (QED) is 0.652. The van der Waals surface area contributed by atoms with Gasteiger partial charge in [-0.25, -0.2) is 0 Å². The van der Waals surface area contributed by atoms with E-state index in [9.17, 15) is 4.79 Å². The standard InChI is InChI=1S/C18H20N2O2S/c21-18(14-19-23-17-4-2-1-3-5-17)15-6-8-16(9-7-15)20-10-12-22-13-11-20/h1-9,19H,10-14H2. The predicted molar refractivity (Wildman–Crippen MR) is 94.1 cm³/mol. The Labute approximate surface area is 141 Å². The highest BCUT2D eigenvalue weighted by molar-refractivity contribution is 7.97. The summed E-state index contributed by atoms with van der Waals surface area (Å²) in [4.78, 5) is 15.6. The number of ketones is 1. The van der Waals surface area contributed by atoms with E-state index in [2.05, 4.69) is 9.62 Å². The van der Waals surface area contributed by atoms with Crippen molar-refractivity contribution in [1.29, 1.82) is 0 Å². The van der Waals surface area contributed by atoms with Crippen molar-refractivity contribution in [3.63, 3.8) is 0 Å². The lowest BCUT2D eigenvalue weighted by Crippen LogP contribution is -2.36. The zero-order chi connectivity index (χ0) is 15.9. The van der Waals surface area contributed by atoms with E-state index in [1.807, 2.05) is 54.6 Å².